The number of alkyl halides is 2. The molecule has 0 radical (unpaired) electrons. The Kier molecular flexibility index (Phi) is 15.8. The summed E-state index contributed by atoms with van der Waals surface area (Å²) in [4.78, 5) is 25.3. The molecule has 6 aromatic rings. The molecule has 0 saturated carbocycles. The molecule has 0 saturated heterocycles. The van der Waals surface area contributed by atoms with Crippen LogP contribution in [0.3, 0.4) is 0 Å². The Labute approximate surface area is 415 Å². The average Bonchev–Trinajstić information content (AvgIpc) is 3.99. The molecular weight excluding hydrogens is 935 g/mol. The van der Waals surface area contributed by atoms with Gasteiger partial charge in [0.05, 0.1) is 24.5 Å². The lowest BCUT2D eigenvalue weighted by atomic mass is 9.82. The van der Waals surface area contributed by atoms with Crippen molar-refractivity contribution in [3.63, 3.8) is 0 Å². The second-order valence-corrected chi connectivity index (χ2v) is 19.8. The maximum Gasteiger partial charge on any atom is 0.328 e. The Balaban J connectivity index is 0.000000211. The van der Waals surface area contributed by atoms with Crippen molar-refractivity contribution in [1.82, 2.24) is 29.4 Å². The van der Waals surface area contributed by atoms with Gasteiger partial charge in [0.15, 0.2) is 0 Å². The number of carboxylic acid groups (broad SMARTS) is 2. The Hall–Kier alpha value is -6.78. The van der Waals surface area contributed by atoms with Crippen molar-refractivity contribution in [2.45, 2.75) is 117 Å². The molecule has 16 heteroatoms. The Morgan fingerprint density at radius 2 is 0.944 bits per heavy atom. The van der Waals surface area contributed by atoms with E-state index in [0.717, 1.165) is 106 Å². The summed E-state index contributed by atoms with van der Waals surface area (Å²) in [6.07, 6.45) is 12.6. The molecule has 0 unspecified atom stereocenters. The second kappa shape index (κ2) is 21.5. The number of hydrogen-bond donors (Lipinski definition) is 2. The Morgan fingerprint density at radius 3 is 1.24 bits per heavy atom. The molecule has 2 aromatic heterocycles. The summed E-state index contributed by atoms with van der Waals surface area (Å²) >= 11 is 0. The minimum absolute atomic E-state index is 0.0111. The Bertz CT molecular complexity index is 2770. The largest absolute Gasteiger partial charge is 0.478 e. The third kappa shape index (κ3) is 12.3. The summed E-state index contributed by atoms with van der Waals surface area (Å²) in [5.41, 5.74) is 3.79. The molecule has 4 aromatic carbocycles. The fourth-order valence-corrected chi connectivity index (χ4v) is 9.83. The van der Waals surface area contributed by atoms with Crippen LogP contribution in [0.15, 0.2) is 97.6 Å². The summed E-state index contributed by atoms with van der Waals surface area (Å²) in [6, 6.07) is 14.0. The standard InChI is InChI=1S/2C28H30F3N3O2/c2*1-5-33-15-21(14-32-33)19-7-8-22-20(13-19)10-17(2)34(16-28(3,4)31)27(22)26-23(29)11-18(12-24(26)30)6-9-25(35)36/h2*6-9,11-15,17,27H,5,10,16H2,1-4H3,(H,35,36)/b2*9-6+/t2*17-,27+/m10/s1. The monoisotopic (exact) mass is 994 g/mol. The third-order valence-corrected chi connectivity index (χ3v) is 13.0. The number of aryl methyl sites for hydroxylation is 2. The molecule has 0 aliphatic carbocycles. The normalized spacial score (nSPS) is 18.5. The van der Waals surface area contributed by atoms with E-state index in [-0.39, 0.29) is 47.4 Å². The minimum atomic E-state index is -1.59. The van der Waals surface area contributed by atoms with Gasteiger partial charge in [0.25, 0.3) is 0 Å². The van der Waals surface area contributed by atoms with Crippen LogP contribution < -0.4 is 0 Å². The highest BCUT2D eigenvalue weighted by molar-refractivity contribution is 5.86. The van der Waals surface area contributed by atoms with E-state index in [1.807, 2.05) is 95.7 Å². The zero-order chi connectivity index (χ0) is 52.4. The summed E-state index contributed by atoms with van der Waals surface area (Å²) in [5.74, 6) is -5.65. The van der Waals surface area contributed by atoms with Crippen molar-refractivity contribution in [1.29, 1.82) is 0 Å². The summed E-state index contributed by atoms with van der Waals surface area (Å²) in [5, 5.41) is 26.4. The highest BCUT2D eigenvalue weighted by atomic mass is 19.2. The second-order valence-electron chi connectivity index (χ2n) is 19.8. The average molecular weight is 995 g/mol. The molecule has 0 fully saturated rings. The molecule has 8 rings (SSSR count). The van der Waals surface area contributed by atoms with Crippen LogP contribution in [0.4, 0.5) is 26.3 Å². The lowest BCUT2D eigenvalue weighted by Crippen LogP contribution is -2.48. The van der Waals surface area contributed by atoms with Gasteiger partial charge in [-0.2, -0.15) is 10.2 Å². The fraction of sp³-hybridized carbons (Fsp3) is 0.357. The SMILES string of the molecule is CCn1cc(-c2ccc3c(c2)C[C@@H](C)N(CC(C)(C)F)[C@@H]3c2c(F)cc(/C=C/C(=O)O)cc2F)cn1.CCn1cc(-c2ccc3c(c2)C[C@H](C)N(CC(C)(C)F)[C@H]3c2c(F)cc(/C=C/C(=O)O)cc2F)cn1. The molecule has 0 amide bonds. The predicted molar refractivity (Wildman–Crippen MR) is 267 cm³/mol. The Morgan fingerprint density at radius 1 is 0.597 bits per heavy atom. The van der Waals surface area contributed by atoms with E-state index in [1.54, 1.807) is 12.4 Å². The molecule has 2 N–H and O–H groups in total. The van der Waals surface area contributed by atoms with Gasteiger partial charge in [0, 0.05) is 85.1 Å². The first-order valence-corrected chi connectivity index (χ1v) is 23.9. The molecule has 2 aliphatic rings. The van der Waals surface area contributed by atoms with E-state index in [0.29, 0.717) is 12.8 Å². The zero-order valence-electron chi connectivity index (χ0n) is 41.6. The van der Waals surface area contributed by atoms with Crippen molar-refractivity contribution in [3.8, 4) is 22.3 Å². The molecule has 4 heterocycles. The van der Waals surface area contributed by atoms with Crippen LogP contribution >= 0.6 is 0 Å². The van der Waals surface area contributed by atoms with Gasteiger partial charge in [-0.1, -0.05) is 36.4 Å². The zero-order valence-corrected chi connectivity index (χ0v) is 41.6. The third-order valence-electron chi connectivity index (χ3n) is 13.0. The van der Waals surface area contributed by atoms with Gasteiger partial charge in [-0.05, 0) is 149 Å². The van der Waals surface area contributed by atoms with E-state index in [1.165, 1.54) is 27.7 Å². The molecule has 72 heavy (non-hydrogen) atoms. The van der Waals surface area contributed by atoms with Crippen LogP contribution in [0.2, 0.25) is 0 Å². The number of halogens is 6. The maximum atomic E-state index is 15.5. The van der Waals surface area contributed by atoms with Crippen molar-refractivity contribution in [3.05, 3.63) is 165 Å². The van der Waals surface area contributed by atoms with E-state index in [9.17, 15) is 18.4 Å². The van der Waals surface area contributed by atoms with Gasteiger partial charge >= 0.3 is 11.9 Å². The number of carboxylic acids is 2. The molecular formula is C56H60F6N6O4. The highest BCUT2D eigenvalue weighted by Crippen LogP contribution is 2.44. The number of aliphatic carboxylic acids is 2. The van der Waals surface area contributed by atoms with Crippen LogP contribution in [0.5, 0.6) is 0 Å². The maximum absolute atomic E-state index is 15.5. The minimum Gasteiger partial charge on any atom is -0.478 e. The van der Waals surface area contributed by atoms with Crippen LogP contribution in [-0.2, 0) is 35.5 Å². The van der Waals surface area contributed by atoms with Crippen molar-refractivity contribution in [2.24, 2.45) is 0 Å². The molecule has 2 aliphatic heterocycles. The van der Waals surface area contributed by atoms with Gasteiger partial charge in [-0.25, -0.2) is 35.9 Å². The van der Waals surface area contributed by atoms with Gasteiger partial charge in [-0.15, -0.1) is 0 Å². The highest BCUT2D eigenvalue weighted by Gasteiger charge is 2.41. The number of hydrogen-bond acceptors (Lipinski definition) is 6. The first-order chi connectivity index (χ1) is 33.9. The number of aromatic nitrogens is 4. The van der Waals surface area contributed by atoms with E-state index in [4.69, 9.17) is 10.2 Å². The van der Waals surface area contributed by atoms with Crippen molar-refractivity contribution < 1.29 is 46.1 Å². The fourth-order valence-electron chi connectivity index (χ4n) is 9.83. The van der Waals surface area contributed by atoms with E-state index >= 15 is 17.6 Å². The molecule has 4 atom stereocenters. The molecule has 10 nitrogen and oxygen atoms in total. The van der Waals surface area contributed by atoms with Crippen molar-refractivity contribution >= 4 is 24.1 Å². The number of benzene rings is 4. The lowest BCUT2D eigenvalue weighted by molar-refractivity contribution is -0.132. The van der Waals surface area contributed by atoms with Gasteiger partial charge in [0.1, 0.15) is 34.6 Å². The lowest BCUT2D eigenvalue weighted by Gasteiger charge is -2.44. The first-order valence-electron chi connectivity index (χ1n) is 23.9. The number of carbonyl (C=O) groups is 2. The van der Waals surface area contributed by atoms with Crippen molar-refractivity contribution in [2.75, 3.05) is 13.1 Å². The van der Waals surface area contributed by atoms with E-state index < -0.39 is 58.6 Å². The van der Waals surface area contributed by atoms with Crippen LogP contribution in [0.25, 0.3) is 34.4 Å². The smallest absolute Gasteiger partial charge is 0.328 e. The van der Waals surface area contributed by atoms with Gasteiger partial charge < -0.3 is 10.2 Å². The number of fused-ring (bicyclic) bond motifs is 2. The predicted octanol–water partition coefficient (Wildman–Crippen LogP) is 12.1. The number of nitrogens with zero attached hydrogens (tertiary/aromatic N) is 6. The summed E-state index contributed by atoms with van der Waals surface area (Å²) in [6.45, 7) is 15.1. The van der Waals surface area contributed by atoms with Crippen LogP contribution in [-0.4, -0.2) is 88.0 Å². The summed E-state index contributed by atoms with van der Waals surface area (Å²) < 4.78 is 95.3. The molecule has 380 valence electrons. The quantitative estimate of drug-likeness (QED) is 0.0819. The van der Waals surface area contributed by atoms with Gasteiger partial charge in [0.2, 0.25) is 0 Å². The van der Waals surface area contributed by atoms with Crippen LogP contribution in [0, 0.1) is 23.3 Å². The number of rotatable bonds is 14. The van der Waals surface area contributed by atoms with Gasteiger partial charge in [-0.3, -0.25) is 19.2 Å². The van der Waals surface area contributed by atoms with Crippen LogP contribution in [0.1, 0.15) is 112 Å². The summed E-state index contributed by atoms with van der Waals surface area (Å²) in [7, 11) is 0. The topological polar surface area (TPSA) is 117 Å². The molecule has 0 bridgehead atoms. The van der Waals surface area contributed by atoms with E-state index in [2.05, 4.69) is 10.2 Å². The first kappa shape index (κ1) is 53.0. The molecule has 0 spiro atoms.